The molecule has 2 atom stereocenters. The van der Waals surface area contributed by atoms with E-state index >= 15 is 0 Å². The summed E-state index contributed by atoms with van der Waals surface area (Å²) >= 11 is 0. The summed E-state index contributed by atoms with van der Waals surface area (Å²) in [5, 5.41) is 3.46. The Bertz CT molecular complexity index is 303. The molecule has 2 unspecified atom stereocenters. The summed E-state index contributed by atoms with van der Waals surface area (Å²) in [7, 11) is 0. The first kappa shape index (κ1) is 14.8. The van der Waals surface area contributed by atoms with Gasteiger partial charge in [-0.25, -0.2) is 0 Å². The van der Waals surface area contributed by atoms with Gasteiger partial charge in [-0.15, -0.1) is 0 Å². The van der Waals surface area contributed by atoms with Crippen molar-refractivity contribution < 1.29 is 9.53 Å². The first-order chi connectivity index (χ1) is 9.13. The van der Waals surface area contributed by atoms with Gasteiger partial charge in [0.15, 0.2) is 0 Å². The van der Waals surface area contributed by atoms with Gasteiger partial charge in [0, 0.05) is 18.6 Å². The van der Waals surface area contributed by atoms with Crippen LogP contribution in [0.1, 0.15) is 40.0 Å². The summed E-state index contributed by atoms with van der Waals surface area (Å²) < 4.78 is 5.53. The molecule has 4 heteroatoms. The third kappa shape index (κ3) is 3.93. The minimum absolute atomic E-state index is 0.0194. The lowest BCUT2D eigenvalue weighted by atomic mass is 10.0. The molecular weight excluding hydrogens is 240 g/mol. The molecule has 1 saturated heterocycles. The van der Waals surface area contributed by atoms with Gasteiger partial charge in [-0.1, -0.05) is 20.8 Å². The van der Waals surface area contributed by atoms with Crippen molar-refractivity contribution in [2.45, 2.75) is 52.1 Å². The van der Waals surface area contributed by atoms with Crippen molar-refractivity contribution in [3.63, 3.8) is 0 Å². The van der Waals surface area contributed by atoms with Gasteiger partial charge in [0.25, 0.3) is 0 Å². The summed E-state index contributed by atoms with van der Waals surface area (Å²) in [6, 6.07) is 0.711. The van der Waals surface area contributed by atoms with Crippen LogP contribution in [0.3, 0.4) is 0 Å². The van der Waals surface area contributed by atoms with E-state index in [1.165, 1.54) is 12.8 Å². The maximum atomic E-state index is 12.7. The van der Waals surface area contributed by atoms with E-state index in [0.717, 1.165) is 19.5 Å². The zero-order valence-corrected chi connectivity index (χ0v) is 12.5. The largest absolute Gasteiger partial charge is 0.379 e. The number of carbonyl (C=O) groups is 1. The first-order valence-electron chi connectivity index (χ1n) is 7.75. The molecule has 1 saturated carbocycles. The fraction of sp³-hybridized carbons (Fsp3) is 0.933. The van der Waals surface area contributed by atoms with Crippen LogP contribution in [-0.4, -0.2) is 49.2 Å². The number of amides is 1. The number of carbonyl (C=O) groups excluding carboxylic acids is 1. The molecule has 1 N–H and O–H groups in total. The second-order valence-electron chi connectivity index (χ2n) is 6.32. The van der Waals surface area contributed by atoms with Crippen LogP contribution in [0.2, 0.25) is 0 Å². The van der Waals surface area contributed by atoms with Gasteiger partial charge >= 0.3 is 0 Å². The molecule has 1 heterocycles. The van der Waals surface area contributed by atoms with Crippen LogP contribution in [-0.2, 0) is 9.53 Å². The Hall–Kier alpha value is -0.610. The zero-order valence-electron chi connectivity index (χ0n) is 12.5. The molecule has 1 aliphatic heterocycles. The topological polar surface area (TPSA) is 41.6 Å². The van der Waals surface area contributed by atoms with Crippen LogP contribution >= 0.6 is 0 Å². The average Bonchev–Trinajstić information content (AvgIpc) is 3.11. The average molecular weight is 268 g/mol. The minimum Gasteiger partial charge on any atom is -0.379 e. The Kier molecular flexibility index (Phi) is 5.22. The van der Waals surface area contributed by atoms with Crippen molar-refractivity contribution in [2.24, 2.45) is 11.8 Å². The fourth-order valence-electron chi connectivity index (χ4n) is 2.74. The van der Waals surface area contributed by atoms with Crippen molar-refractivity contribution >= 4 is 5.91 Å². The Balaban J connectivity index is 1.95. The summed E-state index contributed by atoms with van der Waals surface area (Å²) in [6.07, 6.45) is 3.45. The predicted molar refractivity (Wildman–Crippen MR) is 76.0 cm³/mol. The van der Waals surface area contributed by atoms with Gasteiger partial charge in [0.1, 0.15) is 0 Å². The zero-order chi connectivity index (χ0) is 13.8. The van der Waals surface area contributed by atoms with Crippen LogP contribution in [0.5, 0.6) is 0 Å². The second kappa shape index (κ2) is 6.71. The van der Waals surface area contributed by atoms with E-state index in [1.807, 2.05) is 0 Å². The molecule has 0 aromatic carbocycles. The number of nitrogens with one attached hydrogen (secondary N) is 1. The third-order valence-electron chi connectivity index (χ3n) is 3.89. The molecule has 1 amide bonds. The highest BCUT2D eigenvalue weighted by molar-refractivity contribution is 5.80. The molecule has 0 aromatic heterocycles. The monoisotopic (exact) mass is 268 g/mol. The number of rotatable bonds is 7. The van der Waals surface area contributed by atoms with Crippen LogP contribution in [0.4, 0.5) is 0 Å². The highest BCUT2D eigenvalue weighted by atomic mass is 16.5. The highest BCUT2D eigenvalue weighted by Crippen LogP contribution is 2.30. The van der Waals surface area contributed by atoms with Crippen molar-refractivity contribution in [2.75, 3.05) is 26.3 Å². The fourth-order valence-corrected chi connectivity index (χ4v) is 2.74. The van der Waals surface area contributed by atoms with Crippen molar-refractivity contribution in [1.82, 2.24) is 10.2 Å². The molecule has 19 heavy (non-hydrogen) atoms. The van der Waals surface area contributed by atoms with E-state index < -0.39 is 0 Å². The number of hydrogen-bond donors (Lipinski definition) is 1. The second-order valence-corrected chi connectivity index (χ2v) is 6.32. The minimum atomic E-state index is 0.0194. The molecule has 0 bridgehead atoms. The van der Waals surface area contributed by atoms with E-state index in [9.17, 15) is 4.79 Å². The molecule has 1 aliphatic carbocycles. The Morgan fingerprint density at radius 2 is 2.11 bits per heavy atom. The van der Waals surface area contributed by atoms with Crippen molar-refractivity contribution in [3.05, 3.63) is 0 Å². The van der Waals surface area contributed by atoms with Crippen LogP contribution in [0.25, 0.3) is 0 Å². The van der Waals surface area contributed by atoms with Gasteiger partial charge < -0.3 is 15.0 Å². The molecule has 2 aliphatic rings. The Morgan fingerprint density at radius 3 is 2.68 bits per heavy atom. The number of ether oxygens (including phenoxy) is 1. The molecule has 110 valence electrons. The standard InChI is InChI=1S/C15H28N2O2/c1-4-7-16-14-10-19-9-13(14)15(18)17(8-11(2)3)12-5-6-12/h11-14,16H,4-10H2,1-3H3. The number of nitrogens with zero attached hydrogens (tertiary/aromatic N) is 1. The molecular formula is C15H28N2O2. The lowest BCUT2D eigenvalue weighted by Gasteiger charge is -2.29. The van der Waals surface area contributed by atoms with Crippen LogP contribution in [0.15, 0.2) is 0 Å². The molecule has 0 aromatic rings. The first-order valence-corrected chi connectivity index (χ1v) is 7.75. The number of hydrogen-bond acceptors (Lipinski definition) is 3. The lowest BCUT2D eigenvalue weighted by molar-refractivity contribution is -0.137. The maximum Gasteiger partial charge on any atom is 0.229 e. The van der Waals surface area contributed by atoms with Crippen LogP contribution in [0, 0.1) is 11.8 Å². The Morgan fingerprint density at radius 1 is 1.37 bits per heavy atom. The van der Waals surface area contributed by atoms with Gasteiger partial charge in [0.05, 0.1) is 19.1 Å². The van der Waals surface area contributed by atoms with E-state index in [4.69, 9.17) is 4.74 Å². The summed E-state index contributed by atoms with van der Waals surface area (Å²) in [5.41, 5.74) is 0. The predicted octanol–water partition coefficient (Wildman–Crippen LogP) is 1.65. The van der Waals surface area contributed by atoms with E-state index in [0.29, 0.717) is 31.1 Å². The smallest absolute Gasteiger partial charge is 0.229 e. The quantitative estimate of drug-likeness (QED) is 0.763. The summed E-state index contributed by atoms with van der Waals surface area (Å²) in [5.74, 6) is 0.863. The molecule has 2 fully saturated rings. The molecule has 4 nitrogen and oxygen atoms in total. The van der Waals surface area contributed by atoms with Gasteiger partial charge in [-0.2, -0.15) is 0 Å². The molecule has 0 spiro atoms. The van der Waals surface area contributed by atoms with E-state index in [2.05, 4.69) is 31.0 Å². The van der Waals surface area contributed by atoms with Crippen LogP contribution < -0.4 is 5.32 Å². The van der Waals surface area contributed by atoms with Gasteiger partial charge in [-0.3, -0.25) is 4.79 Å². The van der Waals surface area contributed by atoms with Crippen molar-refractivity contribution in [3.8, 4) is 0 Å². The van der Waals surface area contributed by atoms with Gasteiger partial charge in [-0.05, 0) is 31.7 Å². The lowest BCUT2D eigenvalue weighted by Crippen LogP contribution is -2.47. The SMILES string of the molecule is CCCNC1COCC1C(=O)N(CC(C)C)C1CC1. The Labute approximate surface area is 116 Å². The van der Waals surface area contributed by atoms with E-state index in [1.54, 1.807) is 0 Å². The third-order valence-corrected chi connectivity index (χ3v) is 3.89. The van der Waals surface area contributed by atoms with Crippen molar-refractivity contribution in [1.29, 1.82) is 0 Å². The summed E-state index contributed by atoms with van der Waals surface area (Å²) in [4.78, 5) is 14.9. The maximum absolute atomic E-state index is 12.7. The highest BCUT2D eigenvalue weighted by Gasteiger charge is 2.41. The van der Waals surface area contributed by atoms with E-state index in [-0.39, 0.29) is 12.0 Å². The summed E-state index contributed by atoms with van der Waals surface area (Å²) in [6.45, 7) is 9.63. The molecule has 0 radical (unpaired) electrons. The molecule has 2 rings (SSSR count). The normalized spacial score (nSPS) is 26.9. The van der Waals surface area contributed by atoms with Gasteiger partial charge in [0.2, 0.25) is 5.91 Å².